The molecule has 2 nitrogen and oxygen atoms in total. The number of nitrogens with zero attached hydrogens (tertiary/aromatic N) is 1. The van der Waals surface area contributed by atoms with Crippen LogP contribution in [0.15, 0.2) is 55.1 Å². The van der Waals surface area contributed by atoms with Crippen LogP contribution in [0.5, 0.6) is 0 Å². The van der Waals surface area contributed by atoms with Crippen LogP contribution in [0, 0.1) is 0 Å². The van der Waals surface area contributed by atoms with E-state index >= 15 is 0 Å². The Morgan fingerprint density at radius 2 is 1.00 bits per heavy atom. The Labute approximate surface area is 183 Å². The molecule has 0 atom stereocenters. The van der Waals surface area contributed by atoms with Gasteiger partial charge in [-0.3, -0.25) is 4.98 Å². The highest BCUT2D eigenvalue weighted by atomic mass is 79.9. The van der Waals surface area contributed by atoms with Gasteiger partial charge in [-0.1, -0.05) is 112 Å². The highest BCUT2D eigenvalue weighted by Gasteiger charge is 1.93. The minimum absolute atomic E-state index is 1.19. The second-order valence-corrected chi connectivity index (χ2v) is 7.99. The highest BCUT2D eigenvalue weighted by Crippen LogP contribution is 2.13. The van der Waals surface area contributed by atoms with Gasteiger partial charge in [0.2, 0.25) is 0 Å². The van der Waals surface area contributed by atoms with Crippen molar-refractivity contribution in [2.45, 2.75) is 96.8 Å². The Bertz CT molecular complexity index is 387. The normalized spacial score (nSPS) is 9.79. The van der Waals surface area contributed by atoms with Gasteiger partial charge in [-0.05, 0) is 30.7 Å². The molecule has 2 aromatic rings. The molecule has 0 spiro atoms. The minimum Gasteiger partial charge on any atom is -0.368 e. The van der Waals surface area contributed by atoms with Gasteiger partial charge < -0.3 is 4.98 Å². The second-order valence-electron chi connectivity index (χ2n) is 7.19. The van der Waals surface area contributed by atoms with Crippen molar-refractivity contribution in [1.82, 2.24) is 9.97 Å². The third-order valence-electron chi connectivity index (χ3n) is 4.55. The lowest BCUT2D eigenvalue weighted by Gasteiger charge is -2.02. The summed E-state index contributed by atoms with van der Waals surface area (Å²) >= 11 is 3.48. The fourth-order valence-corrected chi connectivity index (χ4v) is 3.28. The molecule has 0 aliphatic rings. The largest absolute Gasteiger partial charge is 0.368 e. The number of alkyl halides is 1. The quantitative estimate of drug-likeness (QED) is 0.225. The summed E-state index contributed by atoms with van der Waals surface area (Å²) in [5.41, 5.74) is 0. The Hall–Kier alpha value is -1.09. The Morgan fingerprint density at radius 3 is 1.25 bits per heavy atom. The summed E-state index contributed by atoms with van der Waals surface area (Å²) in [6.45, 7) is 2.29. The Kier molecular flexibility index (Phi) is 24.9. The monoisotopic (exact) mass is 450 g/mol. The predicted octanol–water partition coefficient (Wildman–Crippen LogP) is 8.96. The van der Waals surface area contributed by atoms with Crippen LogP contribution in [0.1, 0.15) is 96.8 Å². The third kappa shape index (κ3) is 24.9. The summed E-state index contributed by atoms with van der Waals surface area (Å²) in [7, 11) is 0. The number of aromatic nitrogens is 2. The van der Waals surface area contributed by atoms with E-state index in [0.29, 0.717) is 0 Å². The SMILES string of the molecule is CCCCCCCCCCCCCCCCBr.c1cc[nH]c1.c1ccncc1. The number of hydrogen-bond acceptors (Lipinski definition) is 1. The van der Waals surface area contributed by atoms with Gasteiger partial charge in [0.15, 0.2) is 0 Å². The van der Waals surface area contributed by atoms with Gasteiger partial charge in [-0.2, -0.15) is 0 Å². The average Bonchev–Trinajstić information content (AvgIpc) is 3.33. The van der Waals surface area contributed by atoms with Crippen molar-refractivity contribution in [2.75, 3.05) is 5.33 Å². The summed E-state index contributed by atoms with van der Waals surface area (Å²) in [5.74, 6) is 0. The van der Waals surface area contributed by atoms with Crippen molar-refractivity contribution in [1.29, 1.82) is 0 Å². The average molecular weight is 452 g/mol. The van der Waals surface area contributed by atoms with E-state index in [1.54, 1.807) is 12.4 Å². The van der Waals surface area contributed by atoms with Gasteiger partial charge in [-0.15, -0.1) is 0 Å². The van der Waals surface area contributed by atoms with Crippen molar-refractivity contribution in [3.05, 3.63) is 55.1 Å². The third-order valence-corrected chi connectivity index (χ3v) is 5.11. The van der Waals surface area contributed by atoms with E-state index in [1.165, 1.54) is 95.2 Å². The fourth-order valence-electron chi connectivity index (χ4n) is 2.88. The van der Waals surface area contributed by atoms with Gasteiger partial charge in [0.1, 0.15) is 0 Å². The summed E-state index contributed by atoms with van der Waals surface area (Å²) in [5, 5.41) is 1.19. The molecule has 0 fully saturated rings. The summed E-state index contributed by atoms with van der Waals surface area (Å²) < 4.78 is 0. The van der Waals surface area contributed by atoms with Gasteiger partial charge in [0, 0.05) is 30.1 Å². The van der Waals surface area contributed by atoms with Crippen molar-refractivity contribution in [3.8, 4) is 0 Å². The zero-order chi connectivity index (χ0) is 20.4. The molecule has 1 N–H and O–H groups in total. The molecule has 0 unspecified atom stereocenters. The zero-order valence-corrected chi connectivity index (χ0v) is 19.7. The van der Waals surface area contributed by atoms with E-state index in [2.05, 4.69) is 32.8 Å². The number of rotatable bonds is 14. The molecule has 0 radical (unpaired) electrons. The smallest absolute Gasteiger partial charge is 0.0267 e. The first-order chi connectivity index (χ1) is 13.9. The molecule has 160 valence electrons. The maximum Gasteiger partial charge on any atom is 0.0267 e. The maximum atomic E-state index is 3.78. The molecule has 0 aliphatic heterocycles. The molecule has 2 aromatic heterocycles. The van der Waals surface area contributed by atoms with Crippen LogP contribution in [0.4, 0.5) is 0 Å². The number of H-pyrrole nitrogens is 1. The molecule has 2 heterocycles. The van der Waals surface area contributed by atoms with Crippen molar-refractivity contribution < 1.29 is 0 Å². The van der Waals surface area contributed by atoms with Crippen LogP contribution in [0.3, 0.4) is 0 Å². The van der Waals surface area contributed by atoms with Gasteiger partial charge in [0.25, 0.3) is 0 Å². The van der Waals surface area contributed by atoms with E-state index in [1.807, 2.05) is 42.7 Å². The van der Waals surface area contributed by atoms with Crippen LogP contribution in [0.2, 0.25) is 0 Å². The molecule has 3 heteroatoms. The topological polar surface area (TPSA) is 28.7 Å². The van der Waals surface area contributed by atoms with Crippen molar-refractivity contribution in [2.24, 2.45) is 0 Å². The van der Waals surface area contributed by atoms with E-state index in [9.17, 15) is 0 Å². The van der Waals surface area contributed by atoms with Crippen LogP contribution < -0.4 is 0 Å². The summed E-state index contributed by atoms with van der Waals surface area (Å²) in [4.78, 5) is 6.65. The van der Waals surface area contributed by atoms with Crippen molar-refractivity contribution >= 4 is 15.9 Å². The predicted molar refractivity (Wildman–Crippen MR) is 129 cm³/mol. The molecule has 0 saturated heterocycles. The lowest BCUT2D eigenvalue weighted by molar-refractivity contribution is 0.538. The molecular weight excluding hydrogens is 408 g/mol. The molecule has 0 aliphatic carbocycles. The van der Waals surface area contributed by atoms with Crippen LogP contribution >= 0.6 is 15.9 Å². The first kappa shape index (κ1) is 26.9. The van der Waals surface area contributed by atoms with Crippen LogP contribution in [-0.4, -0.2) is 15.3 Å². The molecule has 28 heavy (non-hydrogen) atoms. The molecule has 2 rings (SSSR count). The molecule has 0 bridgehead atoms. The van der Waals surface area contributed by atoms with E-state index < -0.39 is 0 Å². The van der Waals surface area contributed by atoms with Crippen LogP contribution in [-0.2, 0) is 0 Å². The zero-order valence-electron chi connectivity index (χ0n) is 18.1. The lowest BCUT2D eigenvalue weighted by Crippen LogP contribution is -1.83. The minimum atomic E-state index is 1.19. The highest BCUT2D eigenvalue weighted by molar-refractivity contribution is 9.09. The first-order valence-corrected chi connectivity index (χ1v) is 12.5. The number of halogens is 1. The van der Waals surface area contributed by atoms with Gasteiger partial charge in [0.05, 0.1) is 0 Å². The number of aromatic amines is 1. The molecule has 0 aromatic carbocycles. The van der Waals surface area contributed by atoms with Gasteiger partial charge >= 0.3 is 0 Å². The summed E-state index contributed by atoms with van der Waals surface area (Å²) in [6, 6.07) is 9.60. The Balaban J connectivity index is 0.000000525. The molecule has 0 saturated carbocycles. The number of hydrogen-bond donors (Lipinski definition) is 1. The molecular formula is C25H43BrN2. The van der Waals surface area contributed by atoms with Crippen molar-refractivity contribution in [3.63, 3.8) is 0 Å². The first-order valence-electron chi connectivity index (χ1n) is 11.4. The van der Waals surface area contributed by atoms with E-state index in [-0.39, 0.29) is 0 Å². The van der Waals surface area contributed by atoms with E-state index in [4.69, 9.17) is 0 Å². The second kappa shape index (κ2) is 25.9. The summed E-state index contributed by atoms with van der Waals surface area (Å²) in [6.07, 6.45) is 27.5. The Morgan fingerprint density at radius 1 is 0.571 bits per heavy atom. The van der Waals surface area contributed by atoms with E-state index in [0.717, 1.165) is 0 Å². The van der Waals surface area contributed by atoms with Gasteiger partial charge in [-0.25, -0.2) is 0 Å². The van der Waals surface area contributed by atoms with Crippen LogP contribution in [0.25, 0.3) is 0 Å². The fraction of sp³-hybridized carbons (Fsp3) is 0.640. The number of unbranched alkanes of at least 4 members (excludes halogenated alkanes) is 13. The molecule has 0 amide bonds. The number of pyridine rings is 1. The standard InChI is InChI=1S/C16H33Br.C5H5N.C4H5N/c1-2-3-4-5-6-7-8-9-10-11-12-13-14-15-16-17;1-2-4-6-5-3-1;1-2-4-5-3-1/h2-16H2,1H3;1-5H;1-5H. The number of nitrogens with one attached hydrogen (secondary N) is 1. The maximum absolute atomic E-state index is 3.78. The lowest BCUT2D eigenvalue weighted by atomic mass is 10.0.